The zero-order valence-corrected chi connectivity index (χ0v) is 9.60. The second-order valence-electron chi connectivity index (χ2n) is 4.06. The first-order chi connectivity index (χ1) is 7.70. The largest absolute Gasteiger partial charge is 0.359 e. The van der Waals surface area contributed by atoms with Crippen LogP contribution in [0.5, 0.6) is 0 Å². The van der Waals surface area contributed by atoms with Crippen molar-refractivity contribution in [3.8, 4) is 0 Å². The van der Waals surface area contributed by atoms with Crippen LogP contribution in [-0.4, -0.2) is 36.0 Å². The van der Waals surface area contributed by atoms with Gasteiger partial charge in [-0.1, -0.05) is 0 Å². The Labute approximate surface area is 94.9 Å². The summed E-state index contributed by atoms with van der Waals surface area (Å²) in [6.45, 7) is 3.57. The standard InChI is InChI=1S/C11H16N4O/c1-8-5-10(14-7-13-8)15-4-3-9(6-15)11(16)12-2/h5,7,9H,3-4,6H2,1-2H3,(H,12,16). The van der Waals surface area contributed by atoms with Crippen molar-refractivity contribution in [2.75, 3.05) is 25.0 Å². The number of carbonyl (C=O) groups is 1. The Morgan fingerprint density at radius 2 is 2.38 bits per heavy atom. The molecule has 1 N–H and O–H groups in total. The van der Waals surface area contributed by atoms with Crippen LogP contribution in [0.25, 0.3) is 0 Å². The first-order valence-corrected chi connectivity index (χ1v) is 5.46. The molecule has 16 heavy (non-hydrogen) atoms. The third kappa shape index (κ3) is 2.13. The van der Waals surface area contributed by atoms with Crippen LogP contribution in [0, 0.1) is 12.8 Å². The number of amides is 1. The lowest BCUT2D eigenvalue weighted by atomic mass is 10.1. The van der Waals surface area contributed by atoms with Gasteiger partial charge in [0.05, 0.1) is 5.92 Å². The van der Waals surface area contributed by atoms with Crippen molar-refractivity contribution in [2.45, 2.75) is 13.3 Å². The summed E-state index contributed by atoms with van der Waals surface area (Å²) >= 11 is 0. The third-order valence-corrected chi connectivity index (χ3v) is 2.92. The molecular formula is C11H16N4O. The number of aromatic nitrogens is 2. The fourth-order valence-corrected chi connectivity index (χ4v) is 2.00. The molecule has 1 fully saturated rings. The smallest absolute Gasteiger partial charge is 0.224 e. The van der Waals surface area contributed by atoms with Crippen molar-refractivity contribution in [3.05, 3.63) is 18.1 Å². The fourth-order valence-electron chi connectivity index (χ4n) is 2.00. The molecule has 1 atom stereocenters. The van der Waals surface area contributed by atoms with E-state index in [4.69, 9.17) is 0 Å². The predicted molar refractivity (Wildman–Crippen MR) is 61.2 cm³/mol. The summed E-state index contributed by atoms with van der Waals surface area (Å²) in [7, 11) is 1.68. The van der Waals surface area contributed by atoms with E-state index in [9.17, 15) is 4.79 Å². The number of hydrogen-bond acceptors (Lipinski definition) is 4. The minimum absolute atomic E-state index is 0.0836. The summed E-state index contributed by atoms with van der Waals surface area (Å²) in [6.07, 6.45) is 2.46. The van der Waals surface area contributed by atoms with Crippen molar-refractivity contribution >= 4 is 11.7 Å². The van der Waals surface area contributed by atoms with E-state index in [1.54, 1.807) is 13.4 Å². The molecule has 2 rings (SSSR count). The van der Waals surface area contributed by atoms with Gasteiger partial charge in [-0.3, -0.25) is 4.79 Å². The number of rotatable bonds is 2. The van der Waals surface area contributed by atoms with Gasteiger partial charge in [0.2, 0.25) is 5.91 Å². The van der Waals surface area contributed by atoms with Gasteiger partial charge in [-0.05, 0) is 13.3 Å². The second kappa shape index (κ2) is 4.47. The van der Waals surface area contributed by atoms with Crippen LogP contribution in [-0.2, 0) is 4.79 Å². The summed E-state index contributed by atoms with van der Waals surface area (Å²) < 4.78 is 0. The number of aryl methyl sites for hydroxylation is 1. The van der Waals surface area contributed by atoms with Crippen LogP contribution in [0.4, 0.5) is 5.82 Å². The van der Waals surface area contributed by atoms with Crippen LogP contribution in [0.1, 0.15) is 12.1 Å². The Morgan fingerprint density at radius 1 is 1.56 bits per heavy atom. The number of nitrogens with zero attached hydrogens (tertiary/aromatic N) is 3. The second-order valence-corrected chi connectivity index (χ2v) is 4.06. The number of anilines is 1. The molecule has 0 bridgehead atoms. The normalized spacial score (nSPS) is 19.9. The molecule has 0 aromatic carbocycles. The summed E-state index contributed by atoms with van der Waals surface area (Å²) in [5, 5.41) is 2.69. The van der Waals surface area contributed by atoms with Crippen molar-refractivity contribution in [1.29, 1.82) is 0 Å². The van der Waals surface area contributed by atoms with E-state index in [0.29, 0.717) is 0 Å². The average Bonchev–Trinajstić information content (AvgIpc) is 2.77. The molecule has 2 heterocycles. The van der Waals surface area contributed by atoms with Gasteiger partial charge in [-0.15, -0.1) is 0 Å². The summed E-state index contributed by atoms with van der Waals surface area (Å²) in [5.74, 6) is 1.12. The quantitative estimate of drug-likeness (QED) is 0.781. The SMILES string of the molecule is CNC(=O)C1CCN(c2cc(C)ncn2)C1. The van der Waals surface area contributed by atoms with Gasteiger partial charge in [0.15, 0.2) is 0 Å². The van der Waals surface area contributed by atoms with Gasteiger partial charge >= 0.3 is 0 Å². The Balaban J connectivity index is 2.06. The maximum absolute atomic E-state index is 11.5. The molecule has 0 aliphatic carbocycles. The Bertz CT molecular complexity index is 393. The van der Waals surface area contributed by atoms with Crippen molar-refractivity contribution in [1.82, 2.24) is 15.3 Å². The van der Waals surface area contributed by atoms with Gasteiger partial charge in [0.25, 0.3) is 0 Å². The molecule has 0 radical (unpaired) electrons. The highest BCUT2D eigenvalue weighted by Crippen LogP contribution is 2.21. The summed E-state index contributed by atoms with van der Waals surface area (Å²) in [4.78, 5) is 21.9. The molecule has 1 saturated heterocycles. The fraction of sp³-hybridized carbons (Fsp3) is 0.545. The average molecular weight is 220 g/mol. The minimum Gasteiger partial charge on any atom is -0.359 e. The topological polar surface area (TPSA) is 58.1 Å². The van der Waals surface area contributed by atoms with E-state index in [2.05, 4.69) is 20.2 Å². The van der Waals surface area contributed by atoms with Gasteiger partial charge in [-0.2, -0.15) is 0 Å². The van der Waals surface area contributed by atoms with E-state index in [1.165, 1.54) is 0 Å². The van der Waals surface area contributed by atoms with E-state index < -0.39 is 0 Å². The molecule has 1 unspecified atom stereocenters. The molecule has 1 aromatic heterocycles. The molecule has 1 aliphatic heterocycles. The van der Waals surface area contributed by atoms with Gasteiger partial charge < -0.3 is 10.2 Å². The molecule has 5 heteroatoms. The highest BCUT2D eigenvalue weighted by atomic mass is 16.1. The number of hydrogen-bond donors (Lipinski definition) is 1. The highest BCUT2D eigenvalue weighted by Gasteiger charge is 2.28. The number of nitrogens with one attached hydrogen (secondary N) is 1. The molecule has 5 nitrogen and oxygen atoms in total. The molecule has 1 aliphatic rings. The number of carbonyl (C=O) groups excluding carboxylic acids is 1. The van der Waals surface area contributed by atoms with Crippen LogP contribution in [0.3, 0.4) is 0 Å². The Kier molecular flexibility index (Phi) is 3.03. The molecule has 0 spiro atoms. The van der Waals surface area contributed by atoms with Gasteiger partial charge in [0, 0.05) is 31.9 Å². The van der Waals surface area contributed by atoms with Crippen molar-refractivity contribution < 1.29 is 4.79 Å². The zero-order chi connectivity index (χ0) is 11.5. The first kappa shape index (κ1) is 10.9. The molecule has 0 saturated carbocycles. The predicted octanol–water partition coefficient (Wildman–Crippen LogP) is 0.357. The van der Waals surface area contributed by atoms with Crippen LogP contribution < -0.4 is 10.2 Å². The molecular weight excluding hydrogens is 204 g/mol. The van der Waals surface area contributed by atoms with Crippen molar-refractivity contribution in [2.24, 2.45) is 5.92 Å². The zero-order valence-electron chi connectivity index (χ0n) is 9.60. The highest BCUT2D eigenvalue weighted by molar-refractivity contribution is 5.79. The lowest BCUT2D eigenvalue weighted by molar-refractivity contribution is -0.123. The lowest BCUT2D eigenvalue weighted by Crippen LogP contribution is -2.30. The van der Waals surface area contributed by atoms with Crippen molar-refractivity contribution in [3.63, 3.8) is 0 Å². The van der Waals surface area contributed by atoms with E-state index in [1.807, 2.05) is 13.0 Å². The van der Waals surface area contributed by atoms with Crippen LogP contribution in [0.2, 0.25) is 0 Å². The van der Waals surface area contributed by atoms with E-state index in [-0.39, 0.29) is 11.8 Å². The molecule has 1 aromatic rings. The summed E-state index contributed by atoms with van der Waals surface area (Å²) in [5.41, 5.74) is 0.952. The monoisotopic (exact) mass is 220 g/mol. The lowest BCUT2D eigenvalue weighted by Gasteiger charge is -2.16. The van der Waals surface area contributed by atoms with Crippen LogP contribution >= 0.6 is 0 Å². The molecule has 1 amide bonds. The molecule has 86 valence electrons. The maximum Gasteiger partial charge on any atom is 0.224 e. The van der Waals surface area contributed by atoms with E-state index >= 15 is 0 Å². The van der Waals surface area contributed by atoms with E-state index in [0.717, 1.165) is 31.0 Å². The van der Waals surface area contributed by atoms with Gasteiger partial charge in [0.1, 0.15) is 12.1 Å². The van der Waals surface area contributed by atoms with Crippen LogP contribution in [0.15, 0.2) is 12.4 Å². The third-order valence-electron chi connectivity index (χ3n) is 2.92. The minimum atomic E-state index is 0.0836. The first-order valence-electron chi connectivity index (χ1n) is 5.46. The Morgan fingerprint density at radius 3 is 3.06 bits per heavy atom. The summed E-state index contributed by atoms with van der Waals surface area (Å²) in [6, 6.07) is 1.95. The maximum atomic E-state index is 11.5. The van der Waals surface area contributed by atoms with Gasteiger partial charge in [-0.25, -0.2) is 9.97 Å². The Hall–Kier alpha value is -1.65.